The Morgan fingerprint density at radius 3 is 2.28 bits per heavy atom. The van der Waals surface area contributed by atoms with Crippen molar-refractivity contribution >= 4 is 0 Å². The fourth-order valence-electron chi connectivity index (χ4n) is 1.68. The number of rotatable bonds is 6. The molecule has 0 saturated heterocycles. The second-order valence-electron chi connectivity index (χ2n) is 5.00. The van der Waals surface area contributed by atoms with Gasteiger partial charge in [0.2, 0.25) is 0 Å². The molecule has 0 heterocycles. The molecule has 1 aromatic rings. The lowest BCUT2D eigenvalue weighted by atomic mass is 10.1. The van der Waals surface area contributed by atoms with Crippen LogP contribution in [-0.4, -0.2) is 30.5 Å². The molecule has 3 heteroatoms. The first-order valence-corrected chi connectivity index (χ1v) is 6.41. The summed E-state index contributed by atoms with van der Waals surface area (Å²) in [7, 11) is 0. The molecule has 0 spiro atoms. The van der Waals surface area contributed by atoms with Gasteiger partial charge in [-0.15, -0.1) is 0 Å². The normalized spacial score (nSPS) is 12.8. The van der Waals surface area contributed by atoms with Gasteiger partial charge in [-0.3, -0.25) is 0 Å². The maximum absolute atomic E-state index is 9.76. The average Bonchev–Trinajstić information content (AvgIpc) is 2.31. The Morgan fingerprint density at radius 2 is 1.67 bits per heavy atom. The molecule has 0 radical (unpaired) electrons. The Hall–Kier alpha value is -1.06. The van der Waals surface area contributed by atoms with Crippen molar-refractivity contribution < 1.29 is 14.6 Å². The van der Waals surface area contributed by atoms with Crippen LogP contribution in [0.25, 0.3) is 0 Å². The van der Waals surface area contributed by atoms with Gasteiger partial charge in [-0.25, -0.2) is 0 Å². The van der Waals surface area contributed by atoms with E-state index in [1.54, 1.807) is 0 Å². The van der Waals surface area contributed by atoms with Crippen molar-refractivity contribution in [3.63, 3.8) is 0 Å². The van der Waals surface area contributed by atoms with E-state index >= 15 is 0 Å². The molecule has 1 unspecified atom stereocenters. The zero-order valence-corrected chi connectivity index (χ0v) is 12.0. The van der Waals surface area contributed by atoms with Gasteiger partial charge in [0.25, 0.3) is 0 Å². The molecule has 0 aliphatic carbocycles. The van der Waals surface area contributed by atoms with Crippen molar-refractivity contribution in [3.05, 3.63) is 28.8 Å². The van der Waals surface area contributed by atoms with E-state index in [2.05, 4.69) is 13.0 Å². The van der Waals surface area contributed by atoms with Crippen LogP contribution < -0.4 is 4.74 Å². The standard InChI is InChI=1S/C15H24O3/c1-10(2)17-8-14(16)9-18-15-12(4)7-6-11(3)13(15)5/h6-7,10,14,16H,8-9H2,1-5H3. The molecular weight excluding hydrogens is 228 g/mol. The number of ether oxygens (including phenoxy) is 2. The Labute approximate surface area is 110 Å². The fourth-order valence-corrected chi connectivity index (χ4v) is 1.68. The monoisotopic (exact) mass is 252 g/mol. The van der Waals surface area contributed by atoms with Crippen LogP contribution in [0.3, 0.4) is 0 Å². The lowest BCUT2D eigenvalue weighted by Gasteiger charge is -2.17. The van der Waals surface area contributed by atoms with Crippen LogP contribution in [-0.2, 0) is 4.74 Å². The molecule has 1 atom stereocenters. The van der Waals surface area contributed by atoms with E-state index in [0.29, 0.717) is 6.61 Å². The van der Waals surface area contributed by atoms with Gasteiger partial charge in [0.15, 0.2) is 0 Å². The molecule has 0 amide bonds. The Bertz CT molecular complexity index is 386. The van der Waals surface area contributed by atoms with Gasteiger partial charge in [0.05, 0.1) is 12.7 Å². The predicted octanol–water partition coefficient (Wildman–Crippen LogP) is 2.78. The van der Waals surface area contributed by atoms with Crippen LogP contribution in [0.4, 0.5) is 0 Å². The van der Waals surface area contributed by atoms with E-state index in [9.17, 15) is 5.11 Å². The summed E-state index contributed by atoms with van der Waals surface area (Å²) in [4.78, 5) is 0. The van der Waals surface area contributed by atoms with Crippen LogP contribution in [0.5, 0.6) is 5.75 Å². The van der Waals surface area contributed by atoms with Crippen molar-refractivity contribution in [2.45, 2.75) is 46.8 Å². The summed E-state index contributed by atoms with van der Waals surface area (Å²) in [5.74, 6) is 0.874. The first-order valence-electron chi connectivity index (χ1n) is 6.41. The lowest BCUT2D eigenvalue weighted by Crippen LogP contribution is -2.25. The Morgan fingerprint density at radius 1 is 1.06 bits per heavy atom. The van der Waals surface area contributed by atoms with Crippen LogP contribution in [0.15, 0.2) is 12.1 Å². The van der Waals surface area contributed by atoms with Crippen molar-refractivity contribution in [2.75, 3.05) is 13.2 Å². The van der Waals surface area contributed by atoms with Crippen LogP contribution in [0.2, 0.25) is 0 Å². The summed E-state index contributed by atoms with van der Waals surface area (Å²) in [5, 5.41) is 9.76. The molecule has 0 aliphatic rings. The van der Waals surface area contributed by atoms with E-state index in [4.69, 9.17) is 9.47 Å². The number of benzene rings is 1. The molecule has 0 bridgehead atoms. The minimum atomic E-state index is -0.591. The van der Waals surface area contributed by atoms with Gasteiger partial charge in [-0.2, -0.15) is 0 Å². The van der Waals surface area contributed by atoms with Gasteiger partial charge in [0, 0.05) is 0 Å². The van der Waals surface area contributed by atoms with Gasteiger partial charge in [0.1, 0.15) is 18.5 Å². The van der Waals surface area contributed by atoms with Crippen molar-refractivity contribution in [2.24, 2.45) is 0 Å². The highest BCUT2D eigenvalue weighted by molar-refractivity contribution is 5.44. The van der Waals surface area contributed by atoms with Crippen molar-refractivity contribution in [3.8, 4) is 5.75 Å². The smallest absolute Gasteiger partial charge is 0.125 e. The number of aryl methyl sites for hydroxylation is 2. The van der Waals surface area contributed by atoms with E-state index in [-0.39, 0.29) is 12.7 Å². The van der Waals surface area contributed by atoms with E-state index in [1.807, 2.05) is 33.8 Å². The van der Waals surface area contributed by atoms with Crippen molar-refractivity contribution in [1.29, 1.82) is 0 Å². The molecule has 102 valence electrons. The second kappa shape index (κ2) is 6.76. The molecule has 3 nitrogen and oxygen atoms in total. The molecule has 0 aromatic heterocycles. The average molecular weight is 252 g/mol. The van der Waals surface area contributed by atoms with E-state index < -0.39 is 6.10 Å². The van der Waals surface area contributed by atoms with Gasteiger partial charge in [-0.1, -0.05) is 12.1 Å². The number of hydrogen-bond acceptors (Lipinski definition) is 3. The molecule has 1 rings (SSSR count). The summed E-state index contributed by atoms with van der Waals surface area (Å²) in [5.41, 5.74) is 3.42. The summed E-state index contributed by atoms with van der Waals surface area (Å²) < 4.78 is 11.1. The largest absolute Gasteiger partial charge is 0.490 e. The quantitative estimate of drug-likeness (QED) is 0.846. The summed E-state index contributed by atoms with van der Waals surface area (Å²) in [6, 6.07) is 4.12. The third kappa shape index (κ3) is 4.31. The molecule has 18 heavy (non-hydrogen) atoms. The van der Waals surface area contributed by atoms with Gasteiger partial charge < -0.3 is 14.6 Å². The zero-order chi connectivity index (χ0) is 13.7. The zero-order valence-electron chi connectivity index (χ0n) is 12.0. The number of aliphatic hydroxyl groups excluding tert-OH is 1. The Balaban J connectivity index is 2.55. The van der Waals surface area contributed by atoms with Crippen molar-refractivity contribution in [1.82, 2.24) is 0 Å². The fraction of sp³-hybridized carbons (Fsp3) is 0.600. The topological polar surface area (TPSA) is 38.7 Å². The molecule has 1 aromatic carbocycles. The molecule has 0 fully saturated rings. The summed E-state index contributed by atoms with van der Waals surface area (Å²) in [6.45, 7) is 10.6. The number of hydrogen-bond donors (Lipinski definition) is 1. The summed E-state index contributed by atoms with van der Waals surface area (Å²) >= 11 is 0. The minimum Gasteiger partial charge on any atom is -0.490 e. The van der Waals surface area contributed by atoms with Crippen LogP contribution >= 0.6 is 0 Å². The second-order valence-corrected chi connectivity index (χ2v) is 5.00. The maximum Gasteiger partial charge on any atom is 0.125 e. The van der Waals surface area contributed by atoms with E-state index in [0.717, 1.165) is 16.9 Å². The molecule has 0 aliphatic heterocycles. The SMILES string of the molecule is Cc1ccc(C)c(OCC(O)COC(C)C)c1C. The Kier molecular flexibility index (Phi) is 5.63. The van der Waals surface area contributed by atoms with Gasteiger partial charge >= 0.3 is 0 Å². The van der Waals surface area contributed by atoms with Crippen LogP contribution in [0, 0.1) is 20.8 Å². The lowest BCUT2D eigenvalue weighted by molar-refractivity contribution is -0.0124. The first kappa shape index (κ1) is 15.0. The molecular formula is C15H24O3. The number of aliphatic hydroxyl groups is 1. The maximum atomic E-state index is 9.76. The predicted molar refractivity (Wildman–Crippen MR) is 73.2 cm³/mol. The van der Waals surface area contributed by atoms with Gasteiger partial charge in [-0.05, 0) is 51.3 Å². The highest BCUT2D eigenvalue weighted by Crippen LogP contribution is 2.25. The highest BCUT2D eigenvalue weighted by atomic mass is 16.5. The minimum absolute atomic E-state index is 0.127. The van der Waals surface area contributed by atoms with Crippen LogP contribution in [0.1, 0.15) is 30.5 Å². The molecule has 0 saturated carbocycles. The highest BCUT2D eigenvalue weighted by Gasteiger charge is 2.10. The van der Waals surface area contributed by atoms with E-state index in [1.165, 1.54) is 5.56 Å². The summed E-state index contributed by atoms with van der Waals surface area (Å²) in [6.07, 6.45) is -0.464. The first-order chi connectivity index (χ1) is 8.41. The third-order valence-corrected chi connectivity index (χ3v) is 2.92. The molecule has 1 N–H and O–H groups in total. The third-order valence-electron chi connectivity index (χ3n) is 2.92.